The van der Waals surface area contributed by atoms with E-state index in [0.717, 1.165) is 50.4 Å². The van der Waals surface area contributed by atoms with Crippen LogP contribution in [0.3, 0.4) is 0 Å². The van der Waals surface area contributed by atoms with Crippen molar-refractivity contribution in [3.8, 4) is 0 Å². The number of hydrogen-bond acceptors (Lipinski definition) is 3. The first kappa shape index (κ1) is 13.4. The third-order valence-electron chi connectivity index (χ3n) is 4.23. The standard InChI is InChI=1S/C15H20FN3O/c1-11(15(20)18-8-5-17-6-9-18)19-7-4-12-2-3-13(16)10-14(12)19/h2-3,10-11,17H,4-9H2,1H3. The average molecular weight is 277 g/mol. The Morgan fingerprint density at radius 1 is 1.30 bits per heavy atom. The molecule has 20 heavy (non-hydrogen) atoms. The number of halogens is 1. The van der Waals surface area contributed by atoms with Crippen LogP contribution < -0.4 is 10.2 Å². The van der Waals surface area contributed by atoms with Gasteiger partial charge in [0.25, 0.3) is 0 Å². The van der Waals surface area contributed by atoms with Crippen LogP contribution in [0, 0.1) is 5.82 Å². The quantitative estimate of drug-likeness (QED) is 0.876. The smallest absolute Gasteiger partial charge is 0.245 e. The van der Waals surface area contributed by atoms with Crippen LogP contribution in [-0.4, -0.2) is 49.6 Å². The van der Waals surface area contributed by atoms with Crippen LogP contribution in [0.1, 0.15) is 12.5 Å². The lowest BCUT2D eigenvalue weighted by molar-refractivity contribution is -0.132. The molecule has 1 aromatic rings. The Kier molecular flexibility index (Phi) is 3.61. The van der Waals surface area contributed by atoms with E-state index in [1.54, 1.807) is 6.07 Å². The van der Waals surface area contributed by atoms with E-state index in [9.17, 15) is 9.18 Å². The number of anilines is 1. The van der Waals surface area contributed by atoms with Gasteiger partial charge in [0.1, 0.15) is 11.9 Å². The van der Waals surface area contributed by atoms with Crippen molar-refractivity contribution < 1.29 is 9.18 Å². The number of fused-ring (bicyclic) bond motifs is 1. The van der Waals surface area contributed by atoms with Crippen LogP contribution in [0.15, 0.2) is 18.2 Å². The van der Waals surface area contributed by atoms with E-state index in [2.05, 4.69) is 5.32 Å². The first-order valence-corrected chi connectivity index (χ1v) is 7.21. The number of carbonyl (C=O) groups excluding carboxylic acids is 1. The molecular formula is C15H20FN3O. The molecule has 1 amide bonds. The molecule has 1 saturated heterocycles. The van der Waals surface area contributed by atoms with Crippen LogP contribution in [0.2, 0.25) is 0 Å². The minimum atomic E-state index is -0.238. The molecule has 1 N–H and O–H groups in total. The Morgan fingerprint density at radius 2 is 2.05 bits per heavy atom. The molecule has 5 heteroatoms. The van der Waals surface area contributed by atoms with Gasteiger partial charge in [-0.25, -0.2) is 4.39 Å². The van der Waals surface area contributed by atoms with Crippen LogP contribution in [0.4, 0.5) is 10.1 Å². The van der Waals surface area contributed by atoms with Crippen molar-refractivity contribution in [2.75, 3.05) is 37.6 Å². The molecule has 1 fully saturated rings. The van der Waals surface area contributed by atoms with Gasteiger partial charge in [-0.15, -0.1) is 0 Å². The molecule has 2 aliphatic heterocycles. The van der Waals surface area contributed by atoms with E-state index in [4.69, 9.17) is 0 Å². The van der Waals surface area contributed by atoms with E-state index in [0.29, 0.717) is 0 Å². The van der Waals surface area contributed by atoms with Crippen molar-refractivity contribution in [1.29, 1.82) is 0 Å². The molecule has 2 heterocycles. The zero-order chi connectivity index (χ0) is 14.1. The van der Waals surface area contributed by atoms with Crippen molar-refractivity contribution >= 4 is 11.6 Å². The Balaban J connectivity index is 1.77. The second-order valence-corrected chi connectivity index (χ2v) is 5.47. The van der Waals surface area contributed by atoms with E-state index in [1.807, 2.05) is 22.8 Å². The Bertz CT molecular complexity index is 514. The summed E-state index contributed by atoms with van der Waals surface area (Å²) < 4.78 is 13.4. The fourth-order valence-corrected chi connectivity index (χ4v) is 3.06. The van der Waals surface area contributed by atoms with Gasteiger partial charge in [0.05, 0.1) is 0 Å². The van der Waals surface area contributed by atoms with E-state index >= 15 is 0 Å². The minimum absolute atomic E-state index is 0.142. The number of piperazine rings is 1. The van der Waals surface area contributed by atoms with Gasteiger partial charge in [-0.1, -0.05) is 6.07 Å². The van der Waals surface area contributed by atoms with Crippen LogP contribution in [-0.2, 0) is 11.2 Å². The molecule has 2 aliphatic rings. The predicted octanol–water partition coefficient (Wildman–Crippen LogP) is 1.01. The van der Waals surface area contributed by atoms with Gasteiger partial charge in [-0.2, -0.15) is 0 Å². The Labute approximate surface area is 118 Å². The predicted molar refractivity (Wildman–Crippen MR) is 76.4 cm³/mol. The van der Waals surface area contributed by atoms with Crippen LogP contribution in [0.5, 0.6) is 0 Å². The molecule has 1 aromatic carbocycles. The SMILES string of the molecule is CC(C(=O)N1CCNCC1)N1CCc2ccc(F)cc21. The fourth-order valence-electron chi connectivity index (χ4n) is 3.06. The van der Waals surface area contributed by atoms with Crippen LogP contribution >= 0.6 is 0 Å². The summed E-state index contributed by atoms with van der Waals surface area (Å²) in [5.74, 6) is -0.0962. The molecule has 0 aliphatic carbocycles. The molecule has 0 bridgehead atoms. The summed E-state index contributed by atoms with van der Waals surface area (Å²) in [5, 5.41) is 3.24. The van der Waals surface area contributed by atoms with Gasteiger partial charge in [0.15, 0.2) is 0 Å². The number of nitrogens with one attached hydrogen (secondary N) is 1. The second kappa shape index (κ2) is 5.40. The molecule has 0 spiro atoms. The lowest BCUT2D eigenvalue weighted by Gasteiger charge is -2.34. The summed E-state index contributed by atoms with van der Waals surface area (Å²) in [4.78, 5) is 16.5. The maximum absolute atomic E-state index is 13.4. The summed E-state index contributed by atoms with van der Waals surface area (Å²) in [6.45, 7) is 5.93. The average Bonchev–Trinajstić information content (AvgIpc) is 2.89. The van der Waals surface area contributed by atoms with Crippen molar-refractivity contribution in [2.24, 2.45) is 0 Å². The highest BCUT2D eigenvalue weighted by atomic mass is 19.1. The Morgan fingerprint density at radius 3 is 2.80 bits per heavy atom. The van der Waals surface area contributed by atoms with Gasteiger partial charge in [-0.3, -0.25) is 4.79 Å². The molecule has 108 valence electrons. The molecule has 3 rings (SSSR count). The fraction of sp³-hybridized carbons (Fsp3) is 0.533. The molecule has 4 nitrogen and oxygen atoms in total. The van der Waals surface area contributed by atoms with Crippen molar-refractivity contribution in [1.82, 2.24) is 10.2 Å². The number of benzene rings is 1. The van der Waals surface area contributed by atoms with Crippen molar-refractivity contribution in [3.63, 3.8) is 0 Å². The molecule has 0 radical (unpaired) electrons. The number of hydrogen-bond donors (Lipinski definition) is 1. The van der Waals surface area contributed by atoms with Gasteiger partial charge in [0, 0.05) is 38.4 Å². The minimum Gasteiger partial charge on any atom is -0.359 e. The summed E-state index contributed by atoms with van der Waals surface area (Å²) in [7, 11) is 0. The summed E-state index contributed by atoms with van der Waals surface area (Å²) in [6.07, 6.45) is 0.884. The number of carbonyl (C=O) groups is 1. The first-order valence-electron chi connectivity index (χ1n) is 7.21. The molecule has 1 unspecified atom stereocenters. The normalized spacial score (nSPS) is 19.9. The maximum atomic E-state index is 13.4. The topological polar surface area (TPSA) is 35.6 Å². The van der Waals surface area contributed by atoms with Gasteiger partial charge in [0.2, 0.25) is 5.91 Å². The van der Waals surface area contributed by atoms with E-state index in [1.165, 1.54) is 6.07 Å². The van der Waals surface area contributed by atoms with Gasteiger partial charge in [-0.05, 0) is 31.0 Å². The summed E-state index contributed by atoms with van der Waals surface area (Å²) in [6, 6.07) is 4.64. The third kappa shape index (κ3) is 2.38. The molecule has 0 saturated carbocycles. The third-order valence-corrected chi connectivity index (χ3v) is 4.23. The van der Waals surface area contributed by atoms with Crippen LogP contribution in [0.25, 0.3) is 0 Å². The lowest BCUT2D eigenvalue weighted by Crippen LogP contribution is -2.53. The number of amides is 1. The number of nitrogens with zero attached hydrogens (tertiary/aromatic N) is 2. The second-order valence-electron chi connectivity index (χ2n) is 5.47. The van der Waals surface area contributed by atoms with Crippen molar-refractivity contribution in [3.05, 3.63) is 29.6 Å². The van der Waals surface area contributed by atoms with Gasteiger partial charge >= 0.3 is 0 Å². The molecule has 1 atom stereocenters. The largest absolute Gasteiger partial charge is 0.359 e. The highest BCUT2D eigenvalue weighted by Crippen LogP contribution is 2.30. The van der Waals surface area contributed by atoms with E-state index in [-0.39, 0.29) is 17.8 Å². The summed E-state index contributed by atoms with van der Waals surface area (Å²) in [5.41, 5.74) is 2.01. The highest BCUT2D eigenvalue weighted by Gasteiger charge is 2.31. The Hall–Kier alpha value is -1.62. The molecule has 0 aromatic heterocycles. The number of rotatable bonds is 2. The highest BCUT2D eigenvalue weighted by molar-refractivity contribution is 5.86. The zero-order valence-electron chi connectivity index (χ0n) is 11.7. The first-order chi connectivity index (χ1) is 9.66. The zero-order valence-corrected chi connectivity index (χ0v) is 11.7. The van der Waals surface area contributed by atoms with Crippen molar-refractivity contribution in [2.45, 2.75) is 19.4 Å². The van der Waals surface area contributed by atoms with Gasteiger partial charge < -0.3 is 15.1 Å². The van der Waals surface area contributed by atoms with E-state index < -0.39 is 0 Å². The monoisotopic (exact) mass is 277 g/mol. The molecular weight excluding hydrogens is 257 g/mol. The summed E-state index contributed by atoms with van der Waals surface area (Å²) >= 11 is 0. The lowest BCUT2D eigenvalue weighted by atomic mass is 10.1. The maximum Gasteiger partial charge on any atom is 0.245 e.